The van der Waals surface area contributed by atoms with Crippen LogP contribution in [0, 0.1) is 11.6 Å². The van der Waals surface area contributed by atoms with E-state index in [-0.39, 0.29) is 47.9 Å². The van der Waals surface area contributed by atoms with Gasteiger partial charge in [0.2, 0.25) is 5.91 Å². The highest BCUT2D eigenvalue weighted by Crippen LogP contribution is 2.29. The van der Waals surface area contributed by atoms with Crippen molar-refractivity contribution >= 4 is 17.8 Å². The average molecular weight is 646 g/mol. The number of carbonyl (C=O) groups is 3. The summed E-state index contributed by atoms with van der Waals surface area (Å²) in [5, 5.41) is 2.69. The second-order valence-corrected chi connectivity index (χ2v) is 10.4. The maximum atomic E-state index is 14.3. The summed E-state index contributed by atoms with van der Waals surface area (Å²) in [5.74, 6) is -3.26. The Balaban J connectivity index is 1.64. The monoisotopic (exact) mass is 645 g/mol. The van der Waals surface area contributed by atoms with Crippen LogP contribution < -0.4 is 10.1 Å². The van der Waals surface area contributed by atoms with E-state index in [1.807, 2.05) is 12.2 Å². The summed E-state index contributed by atoms with van der Waals surface area (Å²) in [4.78, 5) is 36.4. The fraction of sp³-hybridized carbons (Fsp3) is 0.308. The van der Waals surface area contributed by atoms with Gasteiger partial charge < -0.3 is 14.8 Å². The Bertz CT molecular complexity index is 1470. The highest BCUT2D eigenvalue weighted by molar-refractivity contribution is 5.95. The summed E-state index contributed by atoms with van der Waals surface area (Å²) in [6, 6.07) is 7.17. The fourth-order valence-electron chi connectivity index (χ4n) is 4.18. The van der Waals surface area contributed by atoms with E-state index in [4.69, 9.17) is 9.47 Å². The Morgan fingerprint density at radius 3 is 1.87 bits per heavy atom. The minimum atomic E-state index is -0.821. The molecule has 0 radical (unpaired) electrons. The number of benzene rings is 2. The molecule has 0 saturated heterocycles. The SMILES string of the molecule is CCC=CCC=CCC=CCC=CCC=CCC=CCCC(=O)NCCOC(=O)c1cc(-c2ccc(F)cc2F)ccc1OC(C)=O. The van der Waals surface area contributed by atoms with Crippen LogP contribution in [0.5, 0.6) is 5.75 Å². The number of amides is 1. The first kappa shape index (κ1) is 38.3. The Morgan fingerprint density at radius 1 is 0.745 bits per heavy atom. The predicted octanol–water partition coefficient (Wildman–Crippen LogP) is 9.31. The normalized spacial score (nSPS) is 12.0. The molecule has 0 fully saturated rings. The first-order valence-electron chi connectivity index (χ1n) is 15.9. The molecule has 0 spiro atoms. The van der Waals surface area contributed by atoms with Gasteiger partial charge in [-0.15, -0.1) is 0 Å². The minimum absolute atomic E-state index is 0.0609. The van der Waals surface area contributed by atoms with Crippen LogP contribution in [-0.4, -0.2) is 31.0 Å². The molecule has 0 aromatic heterocycles. The van der Waals surface area contributed by atoms with Crippen LogP contribution in [0.2, 0.25) is 0 Å². The summed E-state index contributed by atoms with van der Waals surface area (Å²) in [5.41, 5.74) is 0.229. The van der Waals surface area contributed by atoms with Crippen LogP contribution in [0.25, 0.3) is 11.1 Å². The summed E-state index contributed by atoms with van der Waals surface area (Å²) in [6.45, 7) is 3.27. The highest BCUT2D eigenvalue weighted by Gasteiger charge is 2.18. The quantitative estimate of drug-likeness (QED) is 0.0672. The maximum absolute atomic E-state index is 14.3. The van der Waals surface area contributed by atoms with Gasteiger partial charge in [-0.05, 0) is 74.8 Å². The summed E-state index contributed by atoms with van der Waals surface area (Å²) >= 11 is 0. The van der Waals surface area contributed by atoms with Crippen molar-refractivity contribution in [1.82, 2.24) is 5.32 Å². The largest absolute Gasteiger partial charge is 0.460 e. The lowest BCUT2D eigenvalue weighted by Crippen LogP contribution is -2.27. The molecule has 0 atom stereocenters. The first-order chi connectivity index (χ1) is 22.8. The summed E-state index contributed by atoms with van der Waals surface area (Å²) in [6.07, 6.45) is 32.0. The molecule has 1 amide bonds. The molecule has 0 aliphatic rings. The van der Waals surface area contributed by atoms with Crippen molar-refractivity contribution in [2.24, 2.45) is 0 Å². The smallest absolute Gasteiger partial charge is 0.342 e. The molecule has 6 nitrogen and oxygen atoms in total. The molecule has 2 rings (SSSR count). The molecule has 0 saturated carbocycles. The Labute approximate surface area is 277 Å². The topological polar surface area (TPSA) is 81.7 Å². The molecule has 47 heavy (non-hydrogen) atoms. The van der Waals surface area contributed by atoms with E-state index in [9.17, 15) is 23.2 Å². The zero-order valence-electron chi connectivity index (χ0n) is 27.3. The maximum Gasteiger partial charge on any atom is 0.342 e. The second-order valence-electron chi connectivity index (χ2n) is 10.4. The number of rotatable bonds is 20. The van der Waals surface area contributed by atoms with Crippen LogP contribution in [0.15, 0.2) is 109 Å². The number of carbonyl (C=O) groups excluding carboxylic acids is 3. The van der Waals surface area contributed by atoms with Gasteiger partial charge in [0.1, 0.15) is 29.6 Å². The Kier molecular flexibility index (Phi) is 19.2. The predicted molar refractivity (Wildman–Crippen MR) is 184 cm³/mol. The third kappa shape index (κ3) is 16.9. The van der Waals surface area contributed by atoms with Gasteiger partial charge in [-0.1, -0.05) is 85.9 Å². The number of hydrogen-bond donors (Lipinski definition) is 1. The Hall–Kier alpha value is -4.85. The number of hydrogen-bond acceptors (Lipinski definition) is 5. The zero-order valence-corrected chi connectivity index (χ0v) is 27.3. The van der Waals surface area contributed by atoms with Gasteiger partial charge in [-0.2, -0.15) is 0 Å². The molecule has 1 N–H and O–H groups in total. The van der Waals surface area contributed by atoms with Crippen molar-refractivity contribution in [3.63, 3.8) is 0 Å². The standard InChI is InChI=1S/C39H45F2NO5/c1-3-4-5-6-7-8-9-10-11-12-13-14-15-16-17-18-19-20-21-22-38(44)42-27-28-46-39(45)35-29-32(23-26-37(35)47-31(2)43)34-25-24-33(40)30-36(34)41/h4-5,7-8,10-11,13-14,16-17,19-20,23-26,29-30H,3,6,9,12,15,18,21-22,27-28H2,1-2H3,(H,42,44). The minimum Gasteiger partial charge on any atom is -0.460 e. The molecular formula is C39H45F2NO5. The molecule has 2 aromatic carbocycles. The number of esters is 2. The molecule has 0 heterocycles. The van der Waals surface area contributed by atoms with Crippen molar-refractivity contribution in [2.75, 3.05) is 13.2 Å². The first-order valence-corrected chi connectivity index (χ1v) is 15.9. The van der Waals surface area contributed by atoms with Crippen molar-refractivity contribution in [3.8, 4) is 16.9 Å². The van der Waals surface area contributed by atoms with Gasteiger partial charge >= 0.3 is 11.9 Å². The summed E-state index contributed by atoms with van der Waals surface area (Å²) in [7, 11) is 0. The van der Waals surface area contributed by atoms with Gasteiger partial charge in [0.05, 0.1) is 6.54 Å². The lowest BCUT2D eigenvalue weighted by Gasteiger charge is -2.12. The molecule has 0 unspecified atom stereocenters. The van der Waals surface area contributed by atoms with E-state index in [2.05, 4.69) is 73.0 Å². The second kappa shape index (κ2) is 23.5. The molecular weight excluding hydrogens is 600 g/mol. The van der Waals surface area contributed by atoms with Gasteiger partial charge in [0, 0.05) is 25.0 Å². The third-order valence-corrected chi connectivity index (χ3v) is 6.49. The van der Waals surface area contributed by atoms with E-state index in [1.165, 1.54) is 31.2 Å². The molecule has 0 aliphatic carbocycles. The van der Waals surface area contributed by atoms with Crippen LogP contribution in [-0.2, 0) is 14.3 Å². The number of halogens is 2. The molecule has 8 heteroatoms. The van der Waals surface area contributed by atoms with Crippen LogP contribution >= 0.6 is 0 Å². The zero-order chi connectivity index (χ0) is 34.1. The molecule has 0 aliphatic heterocycles. The van der Waals surface area contributed by atoms with Gasteiger partial charge in [-0.25, -0.2) is 13.6 Å². The van der Waals surface area contributed by atoms with E-state index in [0.29, 0.717) is 6.42 Å². The lowest BCUT2D eigenvalue weighted by atomic mass is 10.0. The number of allylic oxidation sites excluding steroid dienone is 12. The van der Waals surface area contributed by atoms with Gasteiger partial charge in [0.15, 0.2) is 0 Å². The van der Waals surface area contributed by atoms with Crippen molar-refractivity contribution in [2.45, 2.75) is 65.2 Å². The van der Waals surface area contributed by atoms with E-state index < -0.39 is 23.6 Å². The van der Waals surface area contributed by atoms with Crippen LogP contribution in [0.3, 0.4) is 0 Å². The van der Waals surface area contributed by atoms with Crippen molar-refractivity contribution in [1.29, 1.82) is 0 Å². The lowest BCUT2D eigenvalue weighted by molar-refractivity contribution is -0.132. The van der Waals surface area contributed by atoms with Crippen molar-refractivity contribution < 1.29 is 32.6 Å². The molecule has 2 aromatic rings. The van der Waals surface area contributed by atoms with Gasteiger partial charge in [0.25, 0.3) is 0 Å². The van der Waals surface area contributed by atoms with E-state index in [0.717, 1.165) is 50.7 Å². The fourth-order valence-corrected chi connectivity index (χ4v) is 4.18. The van der Waals surface area contributed by atoms with Crippen LogP contribution in [0.1, 0.15) is 75.6 Å². The number of nitrogens with one attached hydrogen (secondary N) is 1. The van der Waals surface area contributed by atoms with Crippen LogP contribution in [0.4, 0.5) is 8.78 Å². The molecule has 250 valence electrons. The average Bonchev–Trinajstić information content (AvgIpc) is 3.04. The summed E-state index contributed by atoms with van der Waals surface area (Å²) < 4.78 is 38.0. The van der Waals surface area contributed by atoms with E-state index in [1.54, 1.807) is 0 Å². The third-order valence-electron chi connectivity index (χ3n) is 6.49. The highest BCUT2D eigenvalue weighted by atomic mass is 19.1. The van der Waals surface area contributed by atoms with Crippen molar-refractivity contribution in [3.05, 3.63) is 127 Å². The van der Waals surface area contributed by atoms with Gasteiger partial charge in [-0.3, -0.25) is 9.59 Å². The number of ether oxygens (including phenoxy) is 2. The van der Waals surface area contributed by atoms with E-state index >= 15 is 0 Å². The molecule has 0 bridgehead atoms. The Morgan fingerprint density at radius 2 is 1.32 bits per heavy atom.